The number of likely N-dealkylation sites (N-methyl/N-ethyl adjacent to an activating group) is 1. The monoisotopic (exact) mass is 297 g/mol. The van der Waals surface area contributed by atoms with Crippen molar-refractivity contribution in [1.29, 1.82) is 0 Å². The summed E-state index contributed by atoms with van der Waals surface area (Å²) < 4.78 is 22.9. The highest BCUT2D eigenvalue weighted by Gasteiger charge is 2.18. The summed E-state index contributed by atoms with van der Waals surface area (Å²) in [6, 6.07) is 5.37. The third-order valence-electron chi connectivity index (χ3n) is 3.90. The lowest BCUT2D eigenvalue weighted by atomic mass is 10.0. The van der Waals surface area contributed by atoms with Gasteiger partial charge in [-0.15, -0.1) is 0 Å². The first-order valence-electron chi connectivity index (χ1n) is 6.91. The number of nitrogens with one attached hydrogen (secondary N) is 1. The summed E-state index contributed by atoms with van der Waals surface area (Å²) in [6.07, 6.45) is 4.90. The number of piperidine rings is 1. The fourth-order valence-corrected chi connectivity index (χ4v) is 3.22. The van der Waals surface area contributed by atoms with Crippen molar-refractivity contribution < 1.29 is 8.42 Å². The van der Waals surface area contributed by atoms with Gasteiger partial charge in [0.2, 0.25) is 0 Å². The van der Waals surface area contributed by atoms with E-state index in [9.17, 15) is 8.42 Å². The van der Waals surface area contributed by atoms with Crippen LogP contribution in [0.25, 0.3) is 0 Å². The highest BCUT2D eigenvalue weighted by Crippen LogP contribution is 2.23. The van der Waals surface area contributed by atoms with Crippen LogP contribution < -0.4 is 11.1 Å². The molecule has 0 aliphatic carbocycles. The molecular formula is C14H23N3O2S. The quantitative estimate of drug-likeness (QED) is 0.825. The molecule has 1 heterocycles. The molecule has 1 unspecified atom stereocenters. The number of hydrogen-bond acceptors (Lipinski definition) is 5. The van der Waals surface area contributed by atoms with Gasteiger partial charge in [0.25, 0.3) is 0 Å². The van der Waals surface area contributed by atoms with Crippen molar-refractivity contribution >= 4 is 21.2 Å². The summed E-state index contributed by atoms with van der Waals surface area (Å²) in [4.78, 5) is 2.62. The zero-order chi connectivity index (χ0) is 14.8. The smallest absolute Gasteiger partial charge is 0.175 e. The molecule has 0 amide bonds. The Balaban J connectivity index is 2.03. The molecule has 1 aliphatic heterocycles. The van der Waals surface area contributed by atoms with Gasteiger partial charge in [0.05, 0.1) is 16.3 Å². The van der Waals surface area contributed by atoms with Gasteiger partial charge in [-0.3, -0.25) is 0 Å². The highest BCUT2D eigenvalue weighted by molar-refractivity contribution is 7.90. The van der Waals surface area contributed by atoms with Crippen molar-refractivity contribution in [2.24, 2.45) is 0 Å². The first-order chi connectivity index (χ1) is 9.38. The van der Waals surface area contributed by atoms with Crippen molar-refractivity contribution in [2.45, 2.75) is 30.2 Å². The molecule has 0 saturated carbocycles. The van der Waals surface area contributed by atoms with E-state index in [4.69, 9.17) is 5.73 Å². The molecule has 112 valence electrons. The van der Waals surface area contributed by atoms with Crippen LogP contribution in [-0.2, 0) is 9.84 Å². The van der Waals surface area contributed by atoms with Crippen LogP contribution in [0, 0.1) is 0 Å². The summed E-state index contributed by atoms with van der Waals surface area (Å²) in [5.74, 6) is 0. The largest absolute Gasteiger partial charge is 0.397 e. The van der Waals surface area contributed by atoms with Crippen molar-refractivity contribution in [3.63, 3.8) is 0 Å². The Morgan fingerprint density at radius 1 is 1.40 bits per heavy atom. The lowest BCUT2D eigenvalue weighted by Crippen LogP contribution is -2.40. The first kappa shape index (κ1) is 15.1. The zero-order valence-electron chi connectivity index (χ0n) is 12.1. The van der Waals surface area contributed by atoms with Crippen molar-refractivity contribution in [3.8, 4) is 0 Å². The van der Waals surface area contributed by atoms with Gasteiger partial charge < -0.3 is 16.0 Å². The molecular weight excluding hydrogens is 274 g/mol. The van der Waals surface area contributed by atoms with Crippen LogP contribution in [0.1, 0.15) is 19.3 Å². The van der Waals surface area contributed by atoms with E-state index in [0.29, 0.717) is 11.7 Å². The molecule has 1 atom stereocenters. The maximum atomic E-state index is 11.5. The normalized spacial score (nSPS) is 20.8. The van der Waals surface area contributed by atoms with E-state index in [1.165, 1.54) is 31.6 Å². The molecule has 0 spiro atoms. The van der Waals surface area contributed by atoms with Crippen molar-refractivity contribution in [2.75, 3.05) is 37.4 Å². The minimum Gasteiger partial charge on any atom is -0.397 e. The Labute approximate surface area is 121 Å². The van der Waals surface area contributed by atoms with E-state index in [1.807, 2.05) is 0 Å². The number of anilines is 2. The summed E-state index contributed by atoms with van der Waals surface area (Å²) in [6.45, 7) is 1.97. The van der Waals surface area contributed by atoms with Gasteiger partial charge in [0.15, 0.2) is 9.84 Å². The third kappa shape index (κ3) is 3.64. The summed E-state index contributed by atoms with van der Waals surface area (Å²) in [5, 5.41) is 3.33. The number of benzene rings is 1. The third-order valence-corrected chi connectivity index (χ3v) is 5.01. The van der Waals surface area contributed by atoms with Gasteiger partial charge >= 0.3 is 0 Å². The Morgan fingerprint density at radius 2 is 2.15 bits per heavy atom. The van der Waals surface area contributed by atoms with Gasteiger partial charge in [-0.1, -0.05) is 6.42 Å². The highest BCUT2D eigenvalue weighted by atomic mass is 32.2. The average Bonchev–Trinajstić information content (AvgIpc) is 2.38. The standard InChI is InChI=1S/C14H23N3O2S/c1-17-8-4-3-5-11(17)10-16-14-7-6-12(9-13(14)15)20(2,18)19/h6-7,9,11,16H,3-5,8,10,15H2,1-2H3. The zero-order valence-corrected chi connectivity index (χ0v) is 12.9. The molecule has 3 N–H and O–H groups in total. The molecule has 1 aromatic carbocycles. The second-order valence-electron chi connectivity index (χ2n) is 5.53. The molecule has 0 bridgehead atoms. The second-order valence-corrected chi connectivity index (χ2v) is 7.55. The number of nitrogen functional groups attached to an aromatic ring is 1. The molecule has 0 radical (unpaired) electrons. The number of nitrogens with zero attached hydrogens (tertiary/aromatic N) is 1. The van der Waals surface area contributed by atoms with Gasteiger partial charge in [-0.2, -0.15) is 0 Å². The van der Waals surface area contributed by atoms with Gasteiger partial charge in [0.1, 0.15) is 0 Å². The molecule has 5 nitrogen and oxygen atoms in total. The van der Waals surface area contributed by atoms with Gasteiger partial charge in [-0.25, -0.2) is 8.42 Å². The van der Waals surface area contributed by atoms with E-state index < -0.39 is 9.84 Å². The Bertz CT molecular complexity index is 572. The van der Waals surface area contributed by atoms with Crippen LogP contribution in [0.4, 0.5) is 11.4 Å². The van der Waals surface area contributed by atoms with Crippen LogP contribution >= 0.6 is 0 Å². The van der Waals surface area contributed by atoms with Crippen LogP contribution in [-0.4, -0.2) is 45.8 Å². The summed E-state index contributed by atoms with van der Waals surface area (Å²) in [5.41, 5.74) is 7.21. The average molecular weight is 297 g/mol. The number of hydrogen-bond donors (Lipinski definition) is 2. The van der Waals surface area contributed by atoms with Crippen LogP contribution in [0.3, 0.4) is 0 Å². The molecule has 2 rings (SSSR count). The maximum absolute atomic E-state index is 11.5. The molecule has 1 aliphatic rings. The predicted octanol–water partition coefficient (Wildman–Crippen LogP) is 1.57. The lowest BCUT2D eigenvalue weighted by Gasteiger charge is -2.32. The Kier molecular flexibility index (Phi) is 4.55. The van der Waals surface area contributed by atoms with E-state index in [0.717, 1.165) is 18.8 Å². The molecule has 20 heavy (non-hydrogen) atoms. The molecule has 6 heteroatoms. The number of rotatable bonds is 4. The topological polar surface area (TPSA) is 75.4 Å². The van der Waals surface area contributed by atoms with E-state index in [-0.39, 0.29) is 4.90 Å². The molecule has 1 saturated heterocycles. The van der Waals surface area contributed by atoms with Crippen LogP contribution in [0.5, 0.6) is 0 Å². The number of sulfone groups is 1. The summed E-state index contributed by atoms with van der Waals surface area (Å²) >= 11 is 0. The van der Waals surface area contributed by atoms with Gasteiger partial charge in [0, 0.05) is 18.8 Å². The first-order valence-corrected chi connectivity index (χ1v) is 8.81. The minimum atomic E-state index is -3.20. The van der Waals surface area contributed by atoms with E-state index >= 15 is 0 Å². The van der Waals surface area contributed by atoms with E-state index in [2.05, 4.69) is 17.3 Å². The number of likely N-dealkylation sites (tertiary alicyclic amines) is 1. The van der Waals surface area contributed by atoms with Gasteiger partial charge in [-0.05, 0) is 44.6 Å². The Hall–Kier alpha value is -1.27. The van der Waals surface area contributed by atoms with Crippen LogP contribution in [0.2, 0.25) is 0 Å². The molecule has 0 aromatic heterocycles. The second kappa shape index (κ2) is 6.01. The predicted molar refractivity (Wildman–Crippen MR) is 82.7 cm³/mol. The minimum absolute atomic E-state index is 0.260. The Morgan fingerprint density at radius 3 is 2.75 bits per heavy atom. The molecule has 1 fully saturated rings. The maximum Gasteiger partial charge on any atom is 0.175 e. The summed E-state index contributed by atoms with van der Waals surface area (Å²) in [7, 11) is -1.06. The van der Waals surface area contributed by atoms with Crippen LogP contribution in [0.15, 0.2) is 23.1 Å². The fourth-order valence-electron chi connectivity index (χ4n) is 2.56. The van der Waals surface area contributed by atoms with Crippen molar-refractivity contribution in [3.05, 3.63) is 18.2 Å². The number of nitrogens with two attached hydrogens (primary N) is 1. The fraction of sp³-hybridized carbons (Fsp3) is 0.571. The molecule has 1 aromatic rings. The lowest BCUT2D eigenvalue weighted by molar-refractivity contribution is 0.194. The SMILES string of the molecule is CN1CCCCC1CNc1ccc(S(C)(=O)=O)cc1N. The van der Waals surface area contributed by atoms with Crippen molar-refractivity contribution in [1.82, 2.24) is 4.90 Å². The van der Waals surface area contributed by atoms with E-state index in [1.54, 1.807) is 12.1 Å².